The van der Waals surface area contributed by atoms with E-state index in [-0.39, 0.29) is 5.41 Å². The van der Waals surface area contributed by atoms with Crippen molar-refractivity contribution in [3.8, 4) is 0 Å². The van der Waals surface area contributed by atoms with Crippen molar-refractivity contribution in [1.82, 2.24) is 20.9 Å². The van der Waals surface area contributed by atoms with E-state index in [1.54, 1.807) is 0 Å². The van der Waals surface area contributed by atoms with Gasteiger partial charge in [0.2, 0.25) is 0 Å². The Morgan fingerprint density at radius 1 is 1.04 bits per heavy atom. The van der Waals surface area contributed by atoms with Gasteiger partial charge in [-0.15, -0.1) is 0 Å². The van der Waals surface area contributed by atoms with Crippen molar-refractivity contribution in [2.75, 3.05) is 40.3 Å². The minimum absolute atomic E-state index is 0.0795. The van der Waals surface area contributed by atoms with Gasteiger partial charge in [0.05, 0.1) is 5.54 Å². The van der Waals surface area contributed by atoms with Gasteiger partial charge in [-0.2, -0.15) is 0 Å². The van der Waals surface area contributed by atoms with Gasteiger partial charge in [0, 0.05) is 26.2 Å². The number of nitrogens with zero attached hydrogens (tertiary/aromatic N) is 2. The summed E-state index contributed by atoms with van der Waals surface area (Å²) < 4.78 is 5.33. The van der Waals surface area contributed by atoms with E-state index in [4.69, 9.17) is 9.73 Å². The number of hydrogen-bond donors (Lipinski definition) is 3. The van der Waals surface area contributed by atoms with Crippen molar-refractivity contribution in [3.63, 3.8) is 0 Å². The Morgan fingerprint density at radius 2 is 1.62 bits per heavy atom. The Hall–Kier alpha value is -1.50. The van der Waals surface area contributed by atoms with Gasteiger partial charge >= 0.3 is 6.09 Å². The van der Waals surface area contributed by atoms with E-state index in [9.17, 15) is 4.79 Å². The van der Waals surface area contributed by atoms with Gasteiger partial charge in [-0.25, -0.2) is 4.79 Å². The predicted octanol–water partition coefficient (Wildman–Crippen LogP) is 2.43. The molecule has 0 aromatic heterocycles. The number of alkyl carbamates (subject to hydrolysis) is 1. The molecule has 0 heterocycles. The summed E-state index contributed by atoms with van der Waals surface area (Å²) in [6.45, 7) is 18.9. The minimum Gasteiger partial charge on any atom is -0.444 e. The molecule has 0 aliphatic heterocycles. The monoisotopic (exact) mass is 371 g/mol. The van der Waals surface area contributed by atoms with Crippen LogP contribution in [0.5, 0.6) is 0 Å². The maximum atomic E-state index is 12.0. The molecule has 154 valence electrons. The van der Waals surface area contributed by atoms with Crippen LogP contribution in [0.4, 0.5) is 4.79 Å². The van der Waals surface area contributed by atoms with Crippen molar-refractivity contribution in [3.05, 3.63) is 0 Å². The highest BCUT2D eigenvalue weighted by molar-refractivity contribution is 5.80. The highest BCUT2D eigenvalue weighted by Gasteiger charge is 2.25. The molecule has 0 saturated heterocycles. The molecule has 1 amide bonds. The standard InChI is InChI=1S/C19H41N5O2/c1-11-20-15(21-12-18(5,6)14-24(9)10)22-13-19(7,8)23-16(25)26-17(2,3)4/h11-14H2,1-10H3,(H,23,25)(H2,20,21,22). The quantitative estimate of drug-likeness (QED) is 0.451. The number of nitrogens with one attached hydrogen (secondary N) is 3. The number of ether oxygens (including phenoxy) is 1. The predicted molar refractivity (Wildman–Crippen MR) is 110 cm³/mol. The van der Waals surface area contributed by atoms with E-state index in [1.165, 1.54) is 0 Å². The maximum absolute atomic E-state index is 12.0. The molecule has 0 aromatic carbocycles. The van der Waals surface area contributed by atoms with Crippen molar-refractivity contribution < 1.29 is 9.53 Å². The molecule has 0 rings (SSSR count). The summed E-state index contributed by atoms with van der Waals surface area (Å²) in [5.74, 6) is 0.749. The fraction of sp³-hybridized carbons (Fsp3) is 0.895. The number of carbonyl (C=O) groups excluding carboxylic acids is 1. The zero-order valence-corrected chi connectivity index (χ0v) is 18.5. The van der Waals surface area contributed by atoms with E-state index < -0.39 is 17.2 Å². The van der Waals surface area contributed by atoms with E-state index >= 15 is 0 Å². The third kappa shape index (κ3) is 12.8. The number of amides is 1. The normalized spacial score (nSPS) is 13.6. The summed E-state index contributed by atoms with van der Waals surface area (Å²) in [5, 5.41) is 9.46. The van der Waals surface area contributed by atoms with Crippen LogP contribution in [0.25, 0.3) is 0 Å². The van der Waals surface area contributed by atoms with Crippen LogP contribution in [-0.2, 0) is 4.74 Å². The molecule has 0 aliphatic carbocycles. The van der Waals surface area contributed by atoms with Crippen molar-refractivity contribution >= 4 is 12.1 Å². The molecule has 0 bridgehead atoms. The number of aliphatic imine (C=N–C) groups is 1. The van der Waals surface area contributed by atoms with Gasteiger partial charge in [-0.1, -0.05) is 13.8 Å². The summed E-state index contributed by atoms with van der Waals surface area (Å²) in [4.78, 5) is 18.9. The molecule has 0 unspecified atom stereocenters. The van der Waals surface area contributed by atoms with Gasteiger partial charge in [-0.05, 0) is 61.1 Å². The molecule has 0 aliphatic rings. The third-order valence-corrected chi connectivity index (χ3v) is 3.29. The third-order valence-electron chi connectivity index (χ3n) is 3.29. The lowest BCUT2D eigenvalue weighted by Gasteiger charge is -2.30. The average Bonchev–Trinajstić information content (AvgIpc) is 2.37. The molecule has 0 spiro atoms. The van der Waals surface area contributed by atoms with E-state index in [0.717, 1.165) is 19.0 Å². The van der Waals surface area contributed by atoms with Crippen molar-refractivity contribution in [1.29, 1.82) is 0 Å². The fourth-order valence-electron chi connectivity index (χ4n) is 2.47. The average molecular weight is 372 g/mol. The first kappa shape index (κ1) is 24.5. The van der Waals surface area contributed by atoms with Gasteiger partial charge < -0.3 is 25.6 Å². The van der Waals surface area contributed by atoms with Crippen LogP contribution in [-0.4, -0.2) is 68.4 Å². The largest absolute Gasteiger partial charge is 0.444 e. The van der Waals surface area contributed by atoms with E-state index in [0.29, 0.717) is 13.1 Å². The SMILES string of the molecule is CCNC(=NCC(C)(C)CN(C)C)NCC(C)(C)NC(=O)OC(C)(C)C. The first-order valence-corrected chi connectivity index (χ1v) is 9.34. The van der Waals surface area contributed by atoms with Gasteiger partial charge in [0.1, 0.15) is 5.60 Å². The topological polar surface area (TPSA) is 78.0 Å². The van der Waals surface area contributed by atoms with E-state index in [1.807, 2.05) is 41.5 Å². The van der Waals surface area contributed by atoms with Crippen molar-refractivity contribution in [2.24, 2.45) is 10.4 Å². The lowest BCUT2D eigenvalue weighted by molar-refractivity contribution is 0.0474. The van der Waals surface area contributed by atoms with Gasteiger partial charge in [-0.3, -0.25) is 4.99 Å². The molecule has 0 radical (unpaired) electrons. The molecule has 0 saturated carbocycles. The molecule has 26 heavy (non-hydrogen) atoms. The Kier molecular flexibility index (Phi) is 9.42. The Bertz CT molecular complexity index is 465. The van der Waals surface area contributed by atoms with Crippen LogP contribution in [0.15, 0.2) is 4.99 Å². The smallest absolute Gasteiger partial charge is 0.408 e. The summed E-state index contributed by atoms with van der Waals surface area (Å²) in [5.41, 5.74) is -0.907. The molecule has 0 fully saturated rings. The van der Waals surface area contributed by atoms with Crippen LogP contribution >= 0.6 is 0 Å². The number of rotatable bonds is 8. The summed E-state index contributed by atoms with van der Waals surface area (Å²) in [6.07, 6.45) is -0.418. The molecular formula is C19H41N5O2. The van der Waals surface area contributed by atoms with Gasteiger partial charge in [0.25, 0.3) is 0 Å². The van der Waals surface area contributed by atoms with Crippen LogP contribution in [0.1, 0.15) is 55.4 Å². The molecule has 0 atom stereocenters. The van der Waals surface area contributed by atoms with Crippen LogP contribution in [0.2, 0.25) is 0 Å². The second-order valence-corrected chi connectivity index (χ2v) is 9.46. The lowest BCUT2D eigenvalue weighted by atomic mass is 9.93. The van der Waals surface area contributed by atoms with Crippen LogP contribution in [0.3, 0.4) is 0 Å². The molecule has 0 aromatic rings. The second-order valence-electron chi connectivity index (χ2n) is 9.46. The Balaban J connectivity index is 4.75. The Labute approximate surface area is 160 Å². The summed E-state index contributed by atoms with van der Waals surface area (Å²) >= 11 is 0. The zero-order valence-electron chi connectivity index (χ0n) is 18.5. The number of hydrogen-bond acceptors (Lipinski definition) is 4. The molecular weight excluding hydrogens is 330 g/mol. The summed E-state index contributed by atoms with van der Waals surface area (Å²) in [7, 11) is 4.14. The summed E-state index contributed by atoms with van der Waals surface area (Å²) in [6, 6.07) is 0. The molecule has 7 nitrogen and oxygen atoms in total. The number of guanidine groups is 1. The Morgan fingerprint density at radius 3 is 2.08 bits per heavy atom. The first-order chi connectivity index (χ1) is 11.7. The minimum atomic E-state index is -0.512. The highest BCUT2D eigenvalue weighted by Crippen LogP contribution is 2.16. The van der Waals surface area contributed by atoms with Crippen molar-refractivity contribution in [2.45, 2.75) is 66.5 Å². The number of carbonyl (C=O) groups is 1. The molecule has 7 heteroatoms. The van der Waals surface area contributed by atoms with Crippen LogP contribution < -0.4 is 16.0 Å². The maximum Gasteiger partial charge on any atom is 0.408 e. The lowest BCUT2D eigenvalue weighted by Crippen LogP contribution is -2.54. The zero-order chi connectivity index (χ0) is 20.6. The van der Waals surface area contributed by atoms with E-state index in [2.05, 4.69) is 48.8 Å². The second kappa shape index (κ2) is 10.00. The highest BCUT2D eigenvalue weighted by atomic mass is 16.6. The fourth-order valence-corrected chi connectivity index (χ4v) is 2.47. The molecule has 3 N–H and O–H groups in total. The first-order valence-electron chi connectivity index (χ1n) is 9.34. The van der Waals surface area contributed by atoms with Gasteiger partial charge in [0.15, 0.2) is 5.96 Å². The van der Waals surface area contributed by atoms with Crippen LogP contribution in [0, 0.1) is 5.41 Å².